The first-order valence-corrected chi connectivity index (χ1v) is 4.15. The molecule has 0 heteroatoms. The third-order valence-corrected chi connectivity index (χ3v) is 2.07. The van der Waals surface area contributed by atoms with Crippen molar-refractivity contribution in [3.8, 4) is 0 Å². The summed E-state index contributed by atoms with van der Waals surface area (Å²) in [5, 5.41) is 0. The Kier molecular flexibility index (Phi) is 2.73. The lowest BCUT2D eigenvalue weighted by atomic mass is 9.94. The second-order valence-corrected chi connectivity index (χ2v) is 2.78. The SMILES string of the molecule is CCC1=CCC(CC)[C]=C1. The lowest BCUT2D eigenvalue weighted by molar-refractivity contribution is 0.610. The first kappa shape index (κ1) is 7.59. The lowest BCUT2D eigenvalue weighted by Gasteiger charge is -2.11. The van der Waals surface area contributed by atoms with Crippen molar-refractivity contribution in [3.63, 3.8) is 0 Å². The maximum Gasteiger partial charge on any atom is -0.0127 e. The molecule has 0 spiro atoms. The summed E-state index contributed by atoms with van der Waals surface area (Å²) in [4.78, 5) is 0. The molecular formula is C10H15. The van der Waals surface area contributed by atoms with Crippen LogP contribution < -0.4 is 0 Å². The predicted molar refractivity (Wildman–Crippen MR) is 44.6 cm³/mol. The molecule has 0 aromatic carbocycles. The van der Waals surface area contributed by atoms with Crippen LogP contribution in [-0.4, -0.2) is 0 Å². The van der Waals surface area contributed by atoms with Crippen molar-refractivity contribution in [2.24, 2.45) is 5.92 Å². The highest BCUT2D eigenvalue weighted by atomic mass is 14.1. The fourth-order valence-electron chi connectivity index (χ4n) is 1.18. The molecular weight excluding hydrogens is 120 g/mol. The van der Waals surface area contributed by atoms with Gasteiger partial charge in [0.05, 0.1) is 0 Å². The van der Waals surface area contributed by atoms with Crippen molar-refractivity contribution in [1.82, 2.24) is 0 Å². The van der Waals surface area contributed by atoms with Crippen LogP contribution in [0.3, 0.4) is 0 Å². The molecule has 0 N–H and O–H groups in total. The molecule has 0 bridgehead atoms. The normalized spacial score (nSPS) is 24.6. The van der Waals surface area contributed by atoms with Crippen LogP contribution in [0.4, 0.5) is 0 Å². The van der Waals surface area contributed by atoms with E-state index < -0.39 is 0 Å². The highest BCUT2D eigenvalue weighted by molar-refractivity contribution is 5.20. The zero-order valence-electron chi connectivity index (χ0n) is 6.85. The summed E-state index contributed by atoms with van der Waals surface area (Å²) in [6.45, 7) is 4.41. The van der Waals surface area contributed by atoms with Gasteiger partial charge >= 0.3 is 0 Å². The van der Waals surface area contributed by atoms with Gasteiger partial charge in [0, 0.05) is 0 Å². The molecule has 1 radical (unpaired) electrons. The Labute approximate surface area is 63.6 Å². The minimum absolute atomic E-state index is 0.690. The van der Waals surface area contributed by atoms with E-state index in [0.717, 1.165) is 6.42 Å². The van der Waals surface area contributed by atoms with Gasteiger partial charge in [0.2, 0.25) is 0 Å². The number of allylic oxidation sites excluding steroid dienone is 4. The molecule has 10 heavy (non-hydrogen) atoms. The predicted octanol–water partition coefficient (Wildman–Crippen LogP) is 3.11. The maximum absolute atomic E-state index is 3.38. The zero-order valence-corrected chi connectivity index (χ0v) is 6.85. The smallest absolute Gasteiger partial charge is 0.0127 e. The zero-order chi connectivity index (χ0) is 7.40. The van der Waals surface area contributed by atoms with Gasteiger partial charge in [-0.3, -0.25) is 0 Å². The Morgan fingerprint density at radius 3 is 2.80 bits per heavy atom. The topological polar surface area (TPSA) is 0 Å². The second-order valence-electron chi connectivity index (χ2n) is 2.78. The molecule has 0 aromatic heterocycles. The van der Waals surface area contributed by atoms with E-state index in [1.165, 1.54) is 18.4 Å². The molecule has 0 saturated carbocycles. The van der Waals surface area contributed by atoms with Crippen molar-refractivity contribution in [1.29, 1.82) is 0 Å². The van der Waals surface area contributed by atoms with E-state index in [0.29, 0.717) is 5.92 Å². The van der Waals surface area contributed by atoms with Crippen molar-refractivity contribution >= 4 is 0 Å². The highest BCUT2D eigenvalue weighted by Crippen LogP contribution is 2.19. The summed E-state index contributed by atoms with van der Waals surface area (Å²) in [5.74, 6) is 0.690. The number of hydrogen-bond acceptors (Lipinski definition) is 0. The lowest BCUT2D eigenvalue weighted by Crippen LogP contribution is -1.97. The standard InChI is InChI=1S/C10H15/c1-3-9-5-7-10(4-2)8-6-9/h5-6,10H,3-4,7H2,1-2H3. The maximum atomic E-state index is 3.38. The first-order valence-electron chi connectivity index (χ1n) is 4.15. The summed E-state index contributed by atoms with van der Waals surface area (Å²) in [5.41, 5.74) is 1.45. The van der Waals surface area contributed by atoms with Gasteiger partial charge in [-0.25, -0.2) is 0 Å². The van der Waals surface area contributed by atoms with Crippen LogP contribution in [-0.2, 0) is 0 Å². The monoisotopic (exact) mass is 135 g/mol. The molecule has 0 aliphatic heterocycles. The Morgan fingerprint density at radius 1 is 1.60 bits per heavy atom. The number of rotatable bonds is 2. The van der Waals surface area contributed by atoms with Gasteiger partial charge < -0.3 is 0 Å². The Morgan fingerprint density at radius 2 is 2.40 bits per heavy atom. The Hall–Kier alpha value is -0.520. The molecule has 1 unspecified atom stereocenters. The van der Waals surface area contributed by atoms with Crippen LogP contribution in [0.1, 0.15) is 33.1 Å². The van der Waals surface area contributed by atoms with Crippen molar-refractivity contribution in [2.75, 3.05) is 0 Å². The summed E-state index contributed by atoms with van der Waals surface area (Å²) >= 11 is 0. The molecule has 0 fully saturated rings. The molecule has 0 heterocycles. The molecule has 0 amide bonds. The molecule has 0 saturated heterocycles. The van der Waals surface area contributed by atoms with E-state index in [2.05, 4.69) is 32.1 Å². The Balaban J connectivity index is 2.46. The van der Waals surface area contributed by atoms with E-state index in [4.69, 9.17) is 0 Å². The second kappa shape index (κ2) is 3.60. The summed E-state index contributed by atoms with van der Waals surface area (Å²) in [6, 6.07) is 0. The Bertz CT molecular complexity index is 151. The van der Waals surface area contributed by atoms with Crippen LogP contribution in [0.2, 0.25) is 0 Å². The van der Waals surface area contributed by atoms with Gasteiger partial charge in [-0.1, -0.05) is 31.6 Å². The van der Waals surface area contributed by atoms with Gasteiger partial charge in [0.15, 0.2) is 0 Å². The molecule has 1 atom stereocenters. The van der Waals surface area contributed by atoms with Crippen LogP contribution in [0.5, 0.6) is 0 Å². The molecule has 1 rings (SSSR count). The summed E-state index contributed by atoms with van der Waals surface area (Å²) < 4.78 is 0. The number of hydrogen-bond donors (Lipinski definition) is 0. The first-order chi connectivity index (χ1) is 4.86. The average Bonchev–Trinajstić information content (AvgIpc) is 2.05. The largest absolute Gasteiger partial charge is 0.0807 e. The minimum Gasteiger partial charge on any atom is -0.0807 e. The fraction of sp³-hybridized carbons (Fsp3) is 0.600. The van der Waals surface area contributed by atoms with Gasteiger partial charge in [-0.15, -0.1) is 0 Å². The molecule has 1 aliphatic carbocycles. The van der Waals surface area contributed by atoms with Crippen LogP contribution in [0.15, 0.2) is 17.7 Å². The van der Waals surface area contributed by atoms with Crippen LogP contribution in [0, 0.1) is 12.0 Å². The highest BCUT2D eigenvalue weighted by Gasteiger charge is 2.04. The van der Waals surface area contributed by atoms with Crippen molar-refractivity contribution in [3.05, 3.63) is 23.8 Å². The molecule has 0 nitrogen and oxygen atoms in total. The minimum atomic E-state index is 0.690. The van der Waals surface area contributed by atoms with E-state index in [1.54, 1.807) is 0 Å². The van der Waals surface area contributed by atoms with Gasteiger partial charge in [-0.05, 0) is 31.3 Å². The average molecular weight is 135 g/mol. The van der Waals surface area contributed by atoms with E-state index >= 15 is 0 Å². The third-order valence-electron chi connectivity index (χ3n) is 2.07. The van der Waals surface area contributed by atoms with E-state index in [-0.39, 0.29) is 0 Å². The molecule has 0 aromatic rings. The molecule has 55 valence electrons. The van der Waals surface area contributed by atoms with Gasteiger partial charge in [0.25, 0.3) is 0 Å². The van der Waals surface area contributed by atoms with Gasteiger partial charge in [0.1, 0.15) is 0 Å². The van der Waals surface area contributed by atoms with Crippen molar-refractivity contribution in [2.45, 2.75) is 33.1 Å². The van der Waals surface area contributed by atoms with Crippen molar-refractivity contribution < 1.29 is 0 Å². The summed E-state index contributed by atoms with van der Waals surface area (Å²) in [7, 11) is 0. The third kappa shape index (κ3) is 1.73. The van der Waals surface area contributed by atoms with E-state index in [9.17, 15) is 0 Å². The quantitative estimate of drug-likeness (QED) is 0.545. The fourth-order valence-corrected chi connectivity index (χ4v) is 1.18. The van der Waals surface area contributed by atoms with Gasteiger partial charge in [-0.2, -0.15) is 0 Å². The van der Waals surface area contributed by atoms with Crippen LogP contribution >= 0.6 is 0 Å². The van der Waals surface area contributed by atoms with Crippen LogP contribution in [0.25, 0.3) is 0 Å². The summed E-state index contributed by atoms with van der Waals surface area (Å²) in [6.07, 6.45) is 11.5. The van der Waals surface area contributed by atoms with E-state index in [1.807, 2.05) is 0 Å². The molecule has 1 aliphatic rings.